The first-order valence-corrected chi connectivity index (χ1v) is 7.22. The van der Waals surface area contributed by atoms with Crippen LogP contribution < -0.4 is 0 Å². The van der Waals surface area contributed by atoms with Crippen LogP contribution in [-0.2, 0) is 13.1 Å². The quantitative estimate of drug-likeness (QED) is 0.797. The lowest BCUT2D eigenvalue weighted by Gasteiger charge is -2.14. The Balaban J connectivity index is 1.72. The van der Waals surface area contributed by atoms with Gasteiger partial charge in [0.05, 0.1) is 12.1 Å². The lowest BCUT2D eigenvalue weighted by Crippen LogP contribution is -2.17. The molecular weight excluding hydrogens is 316 g/mol. The molecule has 0 atom stereocenters. The van der Waals surface area contributed by atoms with Gasteiger partial charge in [-0.1, -0.05) is 30.3 Å². The maximum absolute atomic E-state index is 4.51. The molecule has 4 nitrogen and oxygen atoms in total. The second kappa shape index (κ2) is 5.73. The Morgan fingerprint density at radius 1 is 1.20 bits per heavy atom. The molecule has 3 aromatic rings. The van der Waals surface area contributed by atoms with Gasteiger partial charge in [-0.3, -0.25) is 4.90 Å². The molecule has 2 heterocycles. The summed E-state index contributed by atoms with van der Waals surface area (Å²) in [5.41, 5.74) is 3.02. The van der Waals surface area contributed by atoms with E-state index in [1.54, 1.807) is 6.20 Å². The molecule has 0 saturated heterocycles. The van der Waals surface area contributed by atoms with E-state index in [1.807, 2.05) is 12.1 Å². The fourth-order valence-electron chi connectivity index (χ4n) is 2.21. The van der Waals surface area contributed by atoms with Crippen LogP contribution in [0.15, 0.2) is 47.1 Å². The Morgan fingerprint density at radius 3 is 2.80 bits per heavy atom. The maximum atomic E-state index is 4.51. The number of hydrogen-bond donors (Lipinski definition) is 1. The van der Waals surface area contributed by atoms with Gasteiger partial charge in [-0.05, 0) is 34.6 Å². The van der Waals surface area contributed by atoms with Gasteiger partial charge in [-0.25, -0.2) is 9.97 Å². The smallest absolute Gasteiger partial charge is 0.177 e. The summed E-state index contributed by atoms with van der Waals surface area (Å²) < 4.78 is 0.956. The first kappa shape index (κ1) is 13.3. The minimum atomic E-state index is 0.760. The zero-order valence-corrected chi connectivity index (χ0v) is 12.8. The van der Waals surface area contributed by atoms with Gasteiger partial charge in [0.1, 0.15) is 5.82 Å². The van der Waals surface area contributed by atoms with Gasteiger partial charge in [0.2, 0.25) is 0 Å². The summed E-state index contributed by atoms with van der Waals surface area (Å²) in [6, 6.07) is 12.4. The van der Waals surface area contributed by atoms with E-state index in [2.05, 4.69) is 67.1 Å². The van der Waals surface area contributed by atoms with E-state index in [-0.39, 0.29) is 0 Å². The molecule has 0 aliphatic carbocycles. The summed E-state index contributed by atoms with van der Waals surface area (Å²) in [7, 11) is 2.09. The number of H-pyrrole nitrogens is 1. The van der Waals surface area contributed by atoms with Gasteiger partial charge in [0.15, 0.2) is 5.65 Å². The molecule has 0 saturated carbocycles. The first-order chi connectivity index (χ1) is 9.70. The Morgan fingerprint density at radius 2 is 2.00 bits per heavy atom. The molecule has 102 valence electrons. The lowest BCUT2D eigenvalue weighted by atomic mass is 10.2. The molecule has 1 aromatic carbocycles. The summed E-state index contributed by atoms with van der Waals surface area (Å²) in [5, 5.41) is 0. The molecule has 0 fully saturated rings. The second-order valence-electron chi connectivity index (χ2n) is 4.87. The number of benzene rings is 1. The van der Waals surface area contributed by atoms with Crippen LogP contribution in [0.25, 0.3) is 11.2 Å². The number of aromatic amines is 1. The van der Waals surface area contributed by atoms with Gasteiger partial charge >= 0.3 is 0 Å². The topological polar surface area (TPSA) is 44.8 Å². The number of aromatic nitrogens is 3. The van der Waals surface area contributed by atoms with Crippen LogP contribution in [0.3, 0.4) is 0 Å². The van der Waals surface area contributed by atoms with Crippen LogP contribution in [0.2, 0.25) is 0 Å². The van der Waals surface area contributed by atoms with E-state index < -0.39 is 0 Å². The van der Waals surface area contributed by atoms with E-state index in [9.17, 15) is 0 Å². The minimum Gasteiger partial charge on any atom is -0.339 e. The summed E-state index contributed by atoms with van der Waals surface area (Å²) in [4.78, 5) is 14.3. The summed E-state index contributed by atoms with van der Waals surface area (Å²) in [5.74, 6) is 0.934. The van der Waals surface area contributed by atoms with Crippen molar-refractivity contribution in [2.45, 2.75) is 13.1 Å². The Labute approximate surface area is 126 Å². The molecule has 5 heteroatoms. The van der Waals surface area contributed by atoms with Gasteiger partial charge in [0.25, 0.3) is 0 Å². The monoisotopic (exact) mass is 330 g/mol. The number of imidazole rings is 1. The van der Waals surface area contributed by atoms with Crippen molar-refractivity contribution in [3.05, 3.63) is 58.5 Å². The summed E-state index contributed by atoms with van der Waals surface area (Å²) in [6.45, 7) is 1.66. The average Bonchev–Trinajstić information content (AvgIpc) is 2.80. The van der Waals surface area contributed by atoms with E-state index in [0.29, 0.717) is 0 Å². The molecule has 0 bridgehead atoms. The number of nitrogens with zero attached hydrogens (tertiary/aromatic N) is 3. The highest BCUT2D eigenvalue weighted by molar-refractivity contribution is 9.10. The molecule has 2 aromatic heterocycles. The van der Waals surface area contributed by atoms with Gasteiger partial charge < -0.3 is 4.98 Å². The van der Waals surface area contributed by atoms with Crippen LogP contribution in [0, 0.1) is 0 Å². The fourth-order valence-corrected chi connectivity index (χ4v) is 2.54. The van der Waals surface area contributed by atoms with E-state index in [0.717, 1.165) is 34.6 Å². The number of pyridine rings is 1. The van der Waals surface area contributed by atoms with E-state index in [4.69, 9.17) is 0 Å². The van der Waals surface area contributed by atoms with Crippen molar-refractivity contribution in [1.29, 1.82) is 0 Å². The van der Waals surface area contributed by atoms with Gasteiger partial charge in [0, 0.05) is 17.2 Å². The van der Waals surface area contributed by atoms with Crippen LogP contribution in [0.1, 0.15) is 11.4 Å². The molecular formula is C15H15BrN4. The van der Waals surface area contributed by atoms with E-state index in [1.165, 1.54) is 5.56 Å². The number of rotatable bonds is 4. The minimum absolute atomic E-state index is 0.760. The maximum Gasteiger partial charge on any atom is 0.177 e. The zero-order chi connectivity index (χ0) is 13.9. The summed E-state index contributed by atoms with van der Waals surface area (Å²) in [6.07, 6.45) is 1.76. The predicted octanol–water partition coefficient (Wildman–Crippen LogP) is 3.35. The molecule has 0 aliphatic heterocycles. The fraction of sp³-hybridized carbons (Fsp3) is 0.200. The molecule has 20 heavy (non-hydrogen) atoms. The highest BCUT2D eigenvalue weighted by atomic mass is 79.9. The van der Waals surface area contributed by atoms with Crippen molar-refractivity contribution in [2.24, 2.45) is 0 Å². The molecule has 1 N–H and O–H groups in total. The van der Waals surface area contributed by atoms with E-state index >= 15 is 0 Å². The third-order valence-corrected chi connectivity index (χ3v) is 3.50. The van der Waals surface area contributed by atoms with Crippen molar-refractivity contribution >= 4 is 27.1 Å². The van der Waals surface area contributed by atoms with Crippen LogP contribution in [0.4, 0.5) is 0 Å². The molecule has 0 spiro atoms. The first-order valence-electron chi connectivity index (χ1n) is 6.43. The van der Waals surface area contributed by atoms with Crippen LogP contribution >= 0.6 is 15.9 Å². The van der Waals surface area contributed by atoms with Crippen LogP contribution in [0.5, 0.6) is 0 Å². The Kier molecular flexibility index (Phi) is 3.80. The zero-order valence-electron chi connectivity index (χ0n) is 11.2. The molecule has 0 unspecified atom stereocenters. The molecule has 0 aliphatic rings. The highest BCUT2D eigenvalue weighted by Gasteiger charge is 2.07. The van der Waals surface area contributed by atoms with Crippen molar-refractivity contribution < 1.29 is 0 Å². The Hall–Kier alpha value is -1.72. The number of hydrogen-bond acceptors (Lipinski definition) is 3. The van der Waals surface area contributed by atoms with Gasteiger partial charge in [-0.15, -0.1) is 0 Å². The van der Waals surface area contributed by atoms with Crippen LogP contribution in [-0.4, -0.2) is 26.9 Å². The standard InChI is InChI=1S/C15H15BrN4/c1-20(9-11-5-3-2-4-6-11)10-14-18-13-7-12(16)8-17-15(13)19-14/h2-8H,9-10H2,1H3,(H,17,18,19). The van der Waals surface area contributed by atoms with Crippen molar-refractivity contribution in [1.82, 2.24) is 19.9 Å². The third-order valence-electron chi connectivity index (χ3n) is 3.07. The SMILES string of the molecule is CN(Cc1ccccc1)Cc1nc2ncc(Br)cc2[nH]1. The van der Waals surface area contributed by atoms with Crippen molar-refractivity contribution in [3.8, 4) is 0 Å². The van der Waals surface area contributed by atoms with Gasteiger partial charge in [-0.2, -0.15) is 0 Å². The summed E-state index contributed by atoms with van der Waals surface area (Å²) >= 11 is 3.42. The Bertz CT molecular complexity index is 708. The average molecular weight is 331 g/mol. The normalized spacial score (nSPS) is 11.3. The largest absolute Gasteiger partial charge is 0.339 e. The third kappa shape index (κ3) is 3.05. The number of nitrogens with one attached hydrogen (secondary N) is 1. The lowest BCUT2D eigenvalue weighted by molar-refractivity contribution is 0.312. The number of halogens is 1. The second-order valence-corrected chi connectivity index (χ2v) is 5.78. The van der Waals surface area contributed by atoms with Crippen molar-refractivity contribution in [2.75, 3.05) is 7.05 Å². The molecule has 0 radical (unpaired) electrons. The predicted molar refractivity (Wildman–Crippen MR) is 83.2 cm³/mol. The molecule has 3 rings (SSSR count). The molecule has 0 amide bonds. The number of fused-ring (bicyclic) bond motifs is 1. The highest BCUT2D eigenvalue weighted by Crippen LogP contribution is 2.16. The van der Waals surface area contributed by atoms with Crippen molar-refractivity contribution in [3.63, 3.8) is 0 Å².